The van der Waals surface area contributed by atoms with Crippen molar-refractivity contribution >= 4 is 27.3 Å². The van der Waals surface area contributed by atoms with Gasteiger partial charge < -0.3 is 14.8 Å². The Morgan fingerprint density at radius 3 is 2.35 bits per heavy atom. The minimum atomic E-state index is -4.01. The van der Waals surface area contributed by atoms with E-state index in [1.807, 2.05) is 12.1 Å². The molecule has 4 aromatic rings. The number of fused-ring (bicyclic) bond motifs is 1. The third-order valence-corrected chi connectivity index (χ3v) is 9.61. The summed E-state index contributed by atoms with van der Waals surface area (Å²) in [6.45, 7) is 0. The van der Waals surface area contributed by atoms with Crippen molar-refractivity contribution in [2.45, 2.75) is 62.2 Å². The first-order valence-electron chi connectivity index (χ1n) is 14.8. The van der Waals surface area contributed by atoms with Crippen LogP contribution in [0.4, 0.5) is 11.4 Å². The van der Waals surface area contributed by atoms with Gasteiger partial charge in [0.15, 0.2) is 0 Å². The lowest BCUT2D eigenvalue weighted by Gasteiger charge is -2.22. The molecule has 8 nitrogen and oxygen atoms in total. The molecular weight excluding hydrogens is 564 g/mol. The van der Waals surface area contributed by atoms with Crippen molar-refractivity contribution in [3.05, 3.63) is 117 Å². The summed E-state index contributed by atoms with van der Waals surface area (Å²) < 4.78 is 35.3. The molecule has 3 aromatic carbocycles. The zero-order chi connectivity index (χ0) is 30.0. The summed E-state index contributed by atoms with van der Waals surface area (Å²) in [6.07, 6.45) is 7.11. The van der Waals surface area contributed by atoms with E-state index in [9.17, 15) is 23.1 Å². The zero-order valence-corrected chi connectivity index (χ0v) is 24.5. The number of aromatic hydroxyl groups is 1. The van der Waals surface area contributed by atoms with Gasteiger partial charge in [-0.15, -0.1) is 0 Å². The zero-order valence-electron chi connectivity index (χ0n) is 23.7. The van der Waals surface area contributed by atoms with E-state index in [0.29, 0.717) is 35.5 Å². The Morgan fingerprint density at radius 2 is 1.58 bits per heavy atom. The molecule has 2 aliphatic rings. The lowest BCUT2D eigenvalue weighted by atomic mass is 9.85. The summed E-state index contributed by atoms with van der Waals surface area (Å²) in [5.41, 5.74) is 2.35. The second-order valence-corrected chi connectivity index (χ2v) is 13.0. The molecule has 0 aliphatic heterocycles. The number of amides is 1. The van der Waals surface area contributed by atoms with Gasteiger partial charge in [-0.25, -0.2) is 13.2 Å². The van der Waals surface area contributed by atoms with Gasteiger partial charge in [0, 0.05) is 34.8 Å². The van der Waals surface area contributed by atoms with Crippen molar-refractivity contribution in [2.24, 2.45) is 5.92 Å². The van der Waals surface area contributed by atoms with E-state index in [4.69, 9.17) is 4.42 Å². The van der Waals surface area contributed by atoms with Crippen LogP contribution in [0.3, 0.4) is 0 Å². The molecule has 0 bridgehead atoms. The molecule has 1 saturated carbocycles. The molecule has 43 heavy (non-hydrogen) atoms. The number of rotatable bonds is 8. The molecule has 6 rings (SSSR count). The van der Waals surface area contributed by atoms with E-state index in [1.54, 1.807) is 54.6 Å². The Morgan fingerprint density at radius 1 is 0.860 bits per heavy atom. The molecule has 1 fully saturated rings. The second kappa shape index (κ2) is 12.1. The molecule has 1 atom stereocenters. The van der Waals surface area contributed by atoms with Gasteiger partial charge in [0.2, 0.25) is 0 Å². The molecule has 0 saturated heterocycles. The molecule has 3 N–H and O–H groups in total. The smallest absolute Gasteiger partial charge is 0.343 e. The summed E-state index contributed by atoms with van der Waals surface area (Å²) in [5.74, 6) is 0.0164. The highest BCUT2D eigenvalue weighted by Gasteiger charge is 2.38. The van der Waals surface area contributed by atoms with Crippen molar-refractivity contribution in [1.29, 1.82) is 0 Å². The van der Waals surface area contributed by atoms with Crippen LogP contribution in [0.5, 0.6) is 5.75 Å². The van der Waals surface area contributed by atoms with Gasteiger partial charge in [-0.2, -0.15) is 0 Å². The number of benzene rings is 3. The van der Waals surface area contributed by atoms with Gasteiger partial charge in [-0.1, -0.05) is 49.2 Å². The van der Waals surface area contributed by atoms with Crippen molar-refractivity contribution in [3.63, 3.8) is 0 Å². The highest BCUT2D eigenvalue weighted by atomic mass is 32.2. The van der Waals surface area contributed by atoms with Crippen molar-refractivity contribution < 1.29 is 22.7 Å². The largest absolute Gasteiger partial charge is 0.507 e. The molecule has 1 aromatic heterocycles. The van der Waals surface area contributed by atoms with Gasteiger partial charge in [-0.3, -0.25) is 9.52 Å². The van der Waals surface area contributed by atoms with E-state index in [1.165, 1.54) is 12.1 Å². The van der Waals surface area contributed by atoms with Crippen LogP contribution >= 0.6 is 0 Å². The van der Waals surface area contributed by atoms with Crippen LogP contribution in [0, 0.1) is 5.92 Å². The number of carbonyl (C=O) groups is 1. The minimum Gasteiger partial charge on any atom is -0.507 e. The second-order valence-electron chi connectivity index (χ2n) is 11.4. The van der Waals surface area contributed by atoms with E-state index in [-0.39, 0.29) is 28.0 Å². The van der Waals surface area contributed by atoms with E-state index >= 15 is 0 Å². The summed E-state index contributed by atoms with van der Waals surface area (Å²) in [7, 11) is -4.01. The average Bonchev–Trinajstić information content (AvgIpc) is 3.82. The van der Waals surface area contributed by atoms with Crippen LogP contribution in [0.2, 0.25) is 0 Å². The standard InChI is InChI=1S/C34H34N2O6S/c37-32-28-16-6-1-2-7-17-29(28)42-34(39)31(32)30(22-18-19-22)24-12-8-14-26(20-24)36-43(40,41)27-15-9-13-25(21-27)35-33(38)23-10-4-3-5-11-23/h3-5,8-15,20-22,30,36-37H,1-2,6-7,16-19H2,(H,35,38). The molecule has 0 radical (unpaired) electrons. The fraction of sp³-hybridized carbons (Fsp3) is 0.294. The van der Waals surface area contributed by atoms with Crippen LogP contribution in [0.1, 0.15) is 77.3 Å². The Balaban J connectivity index is 1.27. The first-order valence-corrected chi connectivity index (χ1v) is 16.3. The van der Waals surface area contributed by atoms with Crippen LogP contribution < -0.4 is 15.7 Å². The number of anilines is 2. The van der Waals surface area contributed by atoms with Crippen molar-refractivity contribution in [1.82, 2.24) is 0 Å². The number of carbonyl (C=O) groups excluding carboxylic acids is 1. The number of hydrogen-bond acceptors (Lipinski definition) is 6. The topological polar surface area (TPSA) is 126 Å². The first kappa shape index (κ1) is 28.7. The fourth-order valence-electron chi connectivity index (χ4n) is 5.94. The lowest BCUT2D eigenvalue weighted by molar-refractivity contribution is 0.102. The van der Waals surface area contributed by atoms with Crippen LogP contribution in [0.25, 0.3) is 0 Å². The van der Waals surface area contributed by atoms with Crippen LogP contribution in [-0.2, 0) is 22.9 Å². The summed E-state index contributed by atoms with van der Waals surface area (Å²) in [5, 5.41) is 14.1. The lowest BCUT2D eigenvalue weighted by Crippen LogP contribution is -2.19. The maximum atomic E-state index is 13.4. The van der Waals surface area contributed by atoms with E-state index in [0.717, 1.165) is 49.7 Å². The summed E-state index contributed by atoms with van der Waals surface area (Å²) >= 11 is 0. The SMILES string of the molecule is O=C(Nc1cccc(S(=O)(=O)Nc2cccc(C(c3c(O)c4c(oc3=O)CCCCCC4)C3CC3)c2)c1)c1ccccc1. The van der Waals surface area contributed by atoms with Crippen LogP contribution in [-0.4, -0.2) is 19.4 Å². The van der Waals surface area contributed by atoms with Gasteiger partial charge >= 0.3 is 5.63 Å². The number of sulfonamides is 1. The molecular formula is C34H34N2O6S. The monoisotopic (exact) mass is 598 g/mol. The van der Waals surface area contributed by atoms with Crippen LogP contribution in [0.15, 0.2) is 93.0 Å². The highest BCUT2D eigenvalue weighted by Crippen LogP contribution is 2.49. The first-order chi connectivity index (χ1) is 20.8. The van der Waals surface area contributed by atoms with Gasteiger partial charge in [0.25, 0.3) is 15.9 Å². The average molecular weight is 599 g/mol. The molecule has 1 amide bonds. The van der Waals surface area contributed by atoms with Crippen molar-refractivity contribution in [3.8, 4) is 5.75 Å². The quantitative estimate of drug-likeness (QED) is 0.210. The highest BCUT2D eigenvalue weighted by molar-refractivity contribution is 7.92. The molecule has 2 aliphatic carbocycles. The van der Waals surface area contributed by atoms with Gasteiger partial charge in [0.05, 0.1) is 10.5 Å². The minimum absolute atomic E-state index is 0.0116. The Kier molecular flexibility index (Phi) is 8.08. The predicted molar refractivity (Wildman–Crippen MR) is 165 cm³/mol. The Hall–Kier alpha value is -4.37. The molecule has 0 spiro atoms. The molecule has 9 heteroatoms. The van der Waals surface area contributed by atoms with Gasteiger partial charge in [0.1, 0.15) is 11.5 Å². The Bertz CT molecular complexity index is 1810. The maximum Gasteiger partial charge on any atom is 0.343 e. The molecule has 1 unspecified atom stereocenters. The summed E-state index contributed by atoms with van der Waals surface area (Å²) in [6, 6.07) is 21.7. The normalized spacial score (nSPS) is 15.9. The van der Waals surface area contributed by atoms with E-state index in [2.05, 4.69) is 10.0 Å². The summed E-state index contributed by atoms with van der Waals surface area (Å²) in [4.78, 5) is 25.9. The number of aryl methyl sites for hydroxylation is 1. The number of nitrogens with one attached hydrogen (secondary N) is 2. The van der Waals surface area contributed by atoms with E-state index < -0.39 is 21.6 Å². The molecule has 1 heterocycles. The number of hydrogen-bond donors (Lipinski definition) is 3. The predicted octanol–water partition coefficient (Wildman–Crippen LogP) is 6.60. The third-order valence-electron chi connectivity index (χ3n) is 8.23. The van der Waals surface area contributed by atoms with Crippen molar-refractivity contribution in [2.75, 3.05) is 10.0 Å². The van der Waals surface area contributed by atoms with Gasteiger partial charge in [-0.05, 0) is 86.1 Å². The maximum absolute atomic E-state index is 13.4. The molecule has 222 valence electrons. The fourth-order valence-corrected chi connectivity index (χ4v) is 7.04. The Labute approximate surface area is 250 Å². The third kappa shape index (κ3) is 6.37.